The quantitative estimate of drug-likeness (QED) is 0.409. The lowest BCUT2D eigenvalue weighted by Gasteiger charge is -2.56. The maximum Gasteiger partial charge on any atom is 0.410 e. The Morgan fingerprint density at radius 2 is 1.91 bits per heavy atom. The third-order valence-corrected chi connectivity index (χ3v) is 9.36. The number of hydrogen-bond acceptors (Lipinski definition) is 9. The minimum Gasteiger partial charge on any atom is -0.507 e. The number of nitrogens with two attached hydrogens (primary N) is 1. The summed E-state index contributed by atoms with van der Waals surface area (Å²) in [6, 6.07) is 9.27. The molecule has 2 aromatic heterocycles. The van der Waals surface area contributed by atoms with E-state index < -0.39 is 5.60 Å². The van der Waals surface area contributed by atoms with Gasteiger partial charge in [0, 0.05) is 44.0 Å². The van der Waals surface area contributed by atoms with Gasteiger partial charge in [0.1, 0.15) is 11.4 Å². The van der Waals surface area contributed by atoms with E-state index in [1.165, 1.54) is 12.8 Å². The Balaban J connectivity index is 1.03. The van der Waals surface area contributed by atoms with Crippen LogP contribution >= 0.6 is 0 Å². The summed E-state index contributed by atoms with van der Waals surface area (Å²) in [5.41, 5.74) is 8.29. The molecule has 0 radical (unpaired) electrons. The topological polar surface area (TPSA) is 132 Å². The smallest absolute Gasteiger partial charge is 0.410 e. The second-order valence-electron chi connectivity index (χ2n) is 13.7. The van der Waals surface area contributed by atoms with E-state index in [0.29, 0.717) is 34.9 Å². The molecule has 0 bridgehead atoms. The first-order chi connectivity index (χ1) is 21.5. The second-order valence-corrected chi connectivity index (χ2v) is 13.7. The number of anilines is 1. The zero-order chi connectivity index (χ0) is 31.8. The molecule has 1 aromatic carbocycles. The number of aromatic nitrogens is 4. The molecule has 1 saturated carbocycles. The summed E-state index contributed by atoms with van der Waals surface area (Å²) in [4.78, 5) is 17.0. The maximum atomic E-state index is 12.5. The highest BCUT2D eigenvalue weighted by Crippen LogP contribution is 2.51. The van der Waals surface area contributed by atoms with Crippen molar-refractivity contribution < 1.29 is 19.4 Å². The highest BCUT2D eigenvalue weighted by molar-refractivity contribution is 5.69. The third kappa shape index (κ3) is 6.92. The number of likely N-dealkylation sites (tertiary alicyclic amines) is 1. The SMILES string of the molecule is C[C@H]([C@H]1CN(C2CC3(CCN(C(=O)OC(C)(C)C)CC3)C2)CCO1)n1cc(C#Cc2cc(-c3ccccc3O)nnc2N)cn1. The van der Waals surface area contributed by atoms with Crippen LogP contribution in [0, 0.1) is 17.3 Å². The first kappa shape index (κ1) is 30.9. The summed E-state index contributed by atoms with van der Waals surface area (Å²) in [7, 11) is 0. The van der Waals surface area contributed by atoms with Crippen molar-refractivity contribution in [2.75, 3.05) is 38.5 Å². The fourth-order valence-corrected chi connectivity index (χ4v) is 6.67. The molecule has 1 spiro atoms. The van der Waals surface area contributed by atoms with E-state index in [0.717, 1.165) is 44.6 Å². The van der Waals surface area contributed by atoms with E-state index in [1.54, 1.807) is 30.5 Å². The fraction of sp³-hybridized carbons (Fsp3) is 0.529. The molecule has 2 saturated heterocycles. The summed E-state index contributed by atoms with van der Waals surface area (Å²) >= 11 is 0. The van der Waals surface area contributed by atoms with Gasteiger partial charge in [-0.1, -0.05) is 24.0 Å². The second kappa shape index (κ2) is 12.3. The number of piperidine rings is 1. The number of para-hydroxylation sites is 1. The molecule has 0 unspecified atom stereocenters. The molecule has 238 valence electrons. The van der Waals surface area contributed by atoms with Crippen LogP contribution in [-0.2, 0) is 9.47 Å². The monoisotopic (exact) mass is 613 g/mol. The van der Waals surface area contributed by atoms with Gasteiger partial charge in [0.2, 0.25) is 0 Å². The van der Waals surface area contributed by atoms with E-state index in [4.69, 9.17) is 15.2 Å². The van der Waals surface area contributed by atoms with Crippen molar-refractivity contribution in [3.8, 4) is 28.8 Å². The van der Waals surface area contributed by atoms with Gasteiger partial charge in [0.25, 0.3) is 0 Å². The van der Waals surface area contributed by atoms with Gasteiger partial charge in [-0.3, -0.25) is 9.58 Å². The summed E-state index contributed by atoms with van der Waals surface area (Å²) in [6.07, 6.45) is 7.95. The molecule has 4 heterocycles. The number of carbonyl (C=O) groups excluding carboxylic acids is 1. The van der Waals surface area contributed by atoms with Gasteiger partial charge in [0.15, 0.2) is 5.82 Å². The van der Waals surface area contributed by atoms with Crippen LogP contribution in [0.25, 0.3) is 11.3 Å². The molecule has 45 heavy (non-hydrogen) atoms. The number of amides is 1. The van der Waals surface area contributed by atoms with E-state index in [-0.39, 0.29) is 29.8 Å². The van der Waals surface area contributed by atoms with Crippen LogP contribution in [0.3, 0.4) is 0 Å². The average Bonchev–Trinajstić information content (AvgIpc) is 3.48. The summed E-state index contributed by atoms with van der Waals surface area (Å²) in [6.45, 7) is 11.9. The standard InChI is InChI=1S/C34H43N7O4/c1-23(41-21-24(20-36-41)9-10-25-17-28(37-38-31(25)35)27-7-5-6-8-29(27)42)30-22-40(15-16-44-30)26-18-34(19-26)11-13-39(14-12-34)32(43)45-33(2,3)4/h5-8,17,20-21,23,26,30,42H,11-16,18-19,22H2,1-4H3,(H2,35,38)/t23-,30-/m1/s1. The molecule has 11 heteroatoms. The summed E-state index contributed by atoms with van der Waals surface area (Å²) in [5, 5.41) is 23.0. The van der Waals surface area contributed by atoms with Crippen molar-refractivity contribution >= 4 is 11.9 Å². The molecule has 2 atom stereocenters. The molecule has 1 amide bonds. The molecular formula is C34H43N7O4. The number of phenolic OH excluding ortho intramolecular Hbond substituents is 1. The number of hydrogen-bond donors (Lipinski definition) is 2. The lowest BCUT2D eigenvalue weighted by Crippen LogP contribution is -2.59. The molecule has 6 rings (SSSR count). The number of carbonyl (C=O) groups is 1. The average molecular weight is 614 g/mol. The highest BCUT2D eigenvalue weighted by atomic mass is 16.6. The van der Waals surface area contributed by atoms with Gasteiger partial charge >= 0.3 is 6.09 Å². The number of nitrogen functional groups attached to an aromatic ring is 1. The molecule has 3 aliphatic rings. The minimum absolute atomic E-state index is 0.0196. The van der Waals surface area contributed by atoms with Crippen molar-refractivity contribution in [1.29, 1.82) is 0 Å². The fourth-order valence-electron chi connectivity index (χ4n) is 6.67. The Morgan fingerprint density at radius 3 is 2.64 bits per heavy atom. The van der Waals surface area contributed by atoms with Gasteiger partial charge in [-0.25, -0.2) is 4.79 Å². The van der Waals surface area contributed by atoms with Gasteiger partial charge < -0.3 is 25.2 Å². The van der Waals surface area contributed by atoms with Crippen LogP contribution in [-0.4, -0.2) is 91.5 Å². The van der Waals surface area contributed by atoms with Crippen molar-refractivity contribution in [1.82, 2.24) is 29.8 Å². The van der Waals surface area contributed by atoms with Crippen LogP contribution in [0.4, 0.5) is 10.6 Å². The number of rotatable bonds is 4. The van der Waals surface area contributed by atoms with Crippen LogP contribution in [0.5, 0.6) is 5.75 Å². The van der Waals surface area contributed by atoms with Gasteiger partial charge in [-0.15, -0.1) is 10.2 Å². The number of benzene rings is 1. The van der Waals surface area contributed by atoms with Gasteiger partial charge in [-0.05, 0) is 77.0 Å². The lowest BCUT2D eigenvalue weighted by molar-refractivity contribution is -0.108. The number of phenols is 1. The van der Waals surface area contributed by atoms with Gasteiger partial charge in [0.05, 0.1) is 41.8 Å². The van der Waals surface area contributed by atoms with E-state index in [1.807, 2.05) is 42.6 Å². The number of morpholine rings is 1. The highest BCUT2D eigenvalue weighted by Gasteiger charge is 2.49. The Hall–Kier alpha value is -4.14. The molecule has 1 aliphatic carbocycles. The normalized spacial score (nSPS) is 21.1. The largest absolute Gasteiger partial charge is 0.507 e. The van der Waals surface area contributed by atoms with Gasteiger partial charge in [-0.2, -0.15) is 5.10 Å². The van der Waals surface area contributed by atoms with Crippen LogP contribution in [0.1, 0.15) is 70.5 Å². The van der Waals surface area contributed by atoms with Crippen molar-refractivity contribution in [3.63, 3.8) is 0 Å². The van der Waals surface area contributed by atoms with Crippen LogP contribution < -0.4 is 5.73 Å². The first-order valence-corrected chi connectivity index (χ1v) is 15.8. The predicted octanol–water partition coefficient (Wildman–Crippen LogP) is 4.47. The molecule has 11 nitrogen and oxygen atoms in total. The zero-order valence-corrected chi connectivity index (χ0v) is 26.6. The number of nitrogens with zero attached hydrogens (tertiary/aromatic N) is 6. The van der Waals surface area contributed by atoms with E-state index in [9.17, 15) is 9.90 Å². The van der Waals surface area contributed by atoms with Crippen LogP contribution in [0.2, 0.25) is 0 Å². The van der Waals surface area contributed by atoms with E-state index in [2.05, 4.69) is 39.0 Å². The minimum atomic E-state index is -0.463. The molecule has 3 fully saturated rings. The Morgan fingerprint density at radius 1 is 1.16 bits per heavy atom. The van der Waals surface area contributed by atoms with E-state index >= 15 is 0 Å². The number of ether oxygens (including phenoxy) is 2. The molecule has 3 N–H and O–H groups in total. The first-order valence-electron chi connectivity index (χ1n) is 15.8. The number of aromatic hydroxyl groups is 1. The van der Waals surface area contributed by atoms with Crippen LogP contribution in [0.15, 0.2) is 42.7 Å². The van der Waals surface area contributed by atoms with Crippen molar-refractivity contribution in [2.45, 2.75) is 77.2 Å². The summed E-state index contributed by atoms with van der Waals surface area (Å²) in [5.74, 6) is 6.58. The third-order valence-electron chi connectivity index (χ3n) is 9.36. The molecule has 2 aliphatic heterocycles. The Bertz CT molecular complexity index is 1590. The Kier molecular flexibility index (Phi) is 8.46. The Labute approximate surface area is 264 Å². The lowest BCUT2D eigenvalue weighted by atomic mass is 9.60. The summed E-state index contributed by atoms with van der Waals surface area (Å²) < 4.78 is 13.7. The zero-order valence-electron chi connectivity index (χ0n) is 26.6. The molecule has 3 aromatic rings. The predicted molar refractivity (Wildman–Crippen MR) is 170 cm³/mol. The molecular weight excluding hydrogens is 570 g/mol. The van der Waals surface area contributed by atoms with Crippen molar-refractivity contribution in [2.24, 2.45) is 5.41 Å². The van der Waals surface area contributed by atoms with Crippen molar-refractivity contribution in [3.05, 3.63) is 53.9 Å². The maximum absolute atomic E-state index is 12.5.